The molecule has 5 heteroatoms. The number of amides is 1. The fraction of sp³-hybridized carbons (Fsp3) is 0.100. The third kappa shape index (κ3) is 3.58. The molecule has 0 bridgehead atoms. The molecule has 0 aliphatic carbocycles. The molecule has 15 heavy (non-hydrogen) atoms. The van der Waals surface area contributed by atoms with Crippen molar-refractivity contribution in [3.05, 3.63) is 50.8 Å². The van der Waals surface area contributed by atoms with Gasteiger partial charge in [-0.25, -0.2) is 0 Å². The second kappa shape index (κ2) is 5.34. The summed E-state index contributed by atoms with van der Waals surface area (Å²) in [5.41, 5.74) is 9.73. The number of carbonyl (C=O) groups excluding carboxylic acids is 1. The maximum Gasteiger partial charge on any atom is 0.242 e. The summed E-state index contributed by atoms with van der Waals surface area (Å²) in [6.07, 6.45) is 1.31. The molecule has 0 aromatic heterocycles. The molecule has 1 aromatic rings. The van der Waals surface area contributed by atoms with Crippen molar-refractivity contribution in [3.8, 4) is 0 Å². The zero-order chi connectivity index (χ0) is 11.3. The van der Waals surface area contributed by atoms with Crippen LogP contribution in [0.15, 0.2) is 39.9 Å². The van der Waals surface area contributed by atoms with Crippen molar-refractivity contribution >= 4 is 27.4 Å². The topological polar surface area (TPSA) is 65.8 Å². The lowest BCUT2D eigenvalue weighted by atomic mass is 10.1. The standard InChI is InChI=1S/C10H8BrN3O/c1-7(5-10(15)13-14-12)8-3-2-4-9(11)6-8/h2-6H,1H3/b7-5+. The van der Waals surface area contributed by atoms with Crippen LogP contribution in [0.5, 0.6) is 0 Å². The summed E-state index contributed by atoms with van der Waals surface area (Å²) >= 11 is 3.33. The third-order valence-corrected chi connectivity index (χ3v) is 2.26. The largest absolute Gasteiger partial charge is 0.288 e. The fourth-order valence-corrected chi connectivity index (χ4v) is 1.47. The number of allylic oxidation sites excluding steroid dienone is 1. The average Bonchev–Trinajstić information content (AvgIpc) is 2.18. The summed E-state index contributed by atoms with van der Waals surface area (Å²) < 4.78 is 0.934. The van der Waals surface area contributed by atoms with Gasteiger partial charge >= 0.3 is 0 Å². The van der Waals surface area contributed by atoms with Gasteiger partial charge in [0, 0.05) is 9.38 Å². The highest BCUT2D eigenvalue weighted by molar-refractivity contribution is 9.10. The van der Waals surface area contributed by atoms with E-state index >= 15 is 0 Å². The van der Waals surface area contributed by atoms with Gasteiger partial charge in [-0.05, 0) is 46.9 Å². The molecule has 0 atom stereocenters. The van der Waals surface area contributed by atoms with Crippen LogP contribution < -0.4 is 0 Å². The zero-order valence-corrected chi connectivity index (χ0v) is 9.60. The minimum atomic E-state index is -0.588. The smallest absolute Gasteiger partial charge is 0.242 e. The Bertz CT molecular complexity index is 461. The van der Waals surface area contributed by atoms with E-state index in [1.807, 2.05) is 24.3 Å². The average molecular weight is 266 g/mol. The Kier molecular flexibility index (Phi) is 4.09. The predicted molar refractivity (Wildman–Crippen MR) is 61.9 cm³/mol. The van der Waals surface area contributed by atoms with E-state index in [1.54, 1.807) is 6.92 Å². The quantitative estimate of drug-likeness (QED) is 0.348. The highest BCUT2D eigenvalue weighted by Crippen LogP contribution is 2.18. The first kappa shape index (κ1) is 11.5. The van der Waals surface area contributed by atoms with Crippen molar-refractivity contribution in [2.75, 3.05) is 0 Å². The number of azide groups is 1. The first-order valence-corrected chi connectivity index (χ1v) is 4.96. The van der Waals surface area contributed by atoms with Crippen molar-refractivity contribution in [1.82, 2.24) is 0 Å². The van der Waals surface area contributed by atoms with Gasteiger partial charge in [0.05, 0.1) is 0 Å². The van der Waals surface area contributed by atoms with E-state index in [0.29, 0.717) is 0 Å². The number of benzene rings is 1. The molecule has 0 heterocycles. The normalized spacial score (nSPS) is 10.7. The molecule has 0 saturated carbocycles. The number of hydrogen-bond donors (Lipinski definition) is 0. The minimum absolute atomic E-state index is 0.588. The van der Waals surface area contributed by atoms with Gasteiger partial charge in [0.15, 0.2) is 0 Å². The first-order valence-electron chi connectivity index (χ1n) is 4.17. The molecule has 1 rings (SSSR count). The number of halogens is 1. The summed E-state index contributed by atoms with van der Waals surface area (Å²) in [6.45, 7) is 1.78. The molecule has 0 radical (unpaired) electrons. The lowest BCUT2D eigenvalue weighted by molar-refractivity contribution is -0.113. The summed E-state index contributed by atoms with van der Waals surface area (Å²) in [6, 6.07) is 7.52. The fourth-order valence-electron chi connectivity index (χ4n) is 1.08. The zero-order valence-electron chi connectivity index (χ0n) is 8.01. The van der Waals surface area contributed by atoms with Crippen LogP contribution in [0.4, 0.5) is 0 Å². The van der Waals surface area contributed by atoms with Crippen LogP contribution in [-0.4, -0.2) is 5.91 Å². The maximum absolute atomic E-state index is 11.0. The van der Waals surface area contributed by atoms with Gasteiger partial charge in [0.25, 0.3) is 0 Å². The molecule has 0 N–H and O–H groups in total. The Labute approximate surface area is 95.4 Å². The Balaban J connectivity index is 2.98. The molecule has 0 unspecified atom stereocenters. The minimum Gasteiger partial charge on any atom is -0.288 e. The van der Waals surface area contributed by atoms with Crippen LogP contribution in [0.1, 0.15) is 12.5 Å². The molecule has 0 saturated heterocycles. The van der Waals surface area contributed by atoms with Gasteiger partial charge in [-0.3, -0.25) is 4.79 Å². The summed E-state index contributed by atoms with van der Waals surface area (Å²) in [5.74, 6) is -0.588. The molecule has 0 spiro atoms. The van der Waals surface area contributed by atoms with Crippen molar-refractivity contribution in [1.29, 1.82) is 0 Å². The van der Waals surface area contributed by atoms with E-state index in [0.717, 1.165) is 15.6 Å². The van der Waals surface area contributed by atoms with Gasteiger partial charge in [-0.2, -0.15) is 0 Å². The van der Waals surface area contributed by atoms with Crippen LogP contribution in [-0.2, 0) is 4.79 Å². The van der Waals surface area contributed by atoms with Crippen LogP contribution in [0, 0.1) is 0 Å². The maximum atomic E-state index is 11.0. The van der Waals surface area contributed by atoms with Gasteiger partial charge in [0.1, 0.15) is 0 Å². The number of carbonyl (C=O) groups is 1. The van der Waals surface area contributed by atoms with Gasteiger partial charge in [-0.15, -0.1) is 0 Å². The van der Waals surface area contributed by atoms with E-state index in [9.17, 15) is 4.79 Å². The predicted octanol–water partition coefficient (Wildman–Crippen LogP) is 3.69. The van der Waals surface area contributed by atoms with E-state index in [-0.39, 0.29) is 0 Å². The van der Waals surface area contributed by atoms with Gasteiger partial charge in [0.2, 0.25) is 5.91 Å². The Morgan fingerprint density at radius 1 is 1.60 bits per heavy atom. The Morgan fingerprint density at radius 3 is 2.93 bits per heavy atom. The van der Waals surface area contributed by atoms with Crippen molar-refractivity contribution in [2.24, 2.45) is 5.11 Å². The Morgan fingerprint density at radius 2 is 2.33 bits per heavy atom. The van der Waals surface area contributed by atoms with Gasteiger partial charge in [-0.1, -0.05) is 28.1 Å². The molecule has 0 aliphatic heterocycles. The summed E-state index contributed by atoms with van der Waals surface area (Å²) in [5, 5.41) is 2.97. The summed E-state index contributed by atoms with van der Waals surface area (Å²) in [7, 11) is 0. The number of hydrogen-bond acceptors (Lipinski definition) is 1. The molecule has 0 fully saturated rings. The van der Waals surface area contributed by atoms with E-state index < -0.39 is 5.91 Å². The number of nitrogens with zero attached hydrogens (tertiary/aromatic N) is 3. The summed E-state index contributed by atoms with van der Waals surface area (Å²) in [4.78, 5) is 13.4. The first-order chi connectivity index (χ1) is 7.13. The molecule has 1 aromatic carbocycles. The number of rotatable bonds is 2. The van der Waals surface area contributed by atoms with E-state index in [1.165, 1.54) is 6.08 Å². The lowest BCUT2D eigenvalue weighted by Crippen LogP contribution is -1.87. The second-order valence-corrected chi connectivity index (χ2v) is 3.78. The molecule has 4 nitrogen and oxygen atoms in total. The van der Waals surface area contributed by atoms with Crippen molar-refractivity contribution in [2.45, 2.75) is 6.92 Å². The second-order valence-electron chi connectivity index (χ2n) is 2.87. The van der Waals surface area contributed by atoms with Crippen LogP contribution in [0.2, 0.25) is 0 Å². The molecule has 0 aliphatic rings. The van der Waals surface area contributed by atoms with Crippen molar-refractivity contribution < 1.29 is 4.79 Å². The Hall–Kier alpha value is -1.58. The monoisotopic (exact) mass is 265 g/mol. The molecular weight excluding hydrogens is 258 g/mol. The van der Waals surface area contributed by atoms with Crippen LogP contribution in [0.25, 0.3) is 16.0 Å². The van der Waals surface area contributed by atoms with Crippen LogP contribution >= 0.6 is 15.9 Å². The SMILES string of the molecule is C/C(=C\C(=O)N=[N+]=[N-])c1cccc(Br)c1. The highest BCUT2D eigenvalue weighted by Gasteiger charge is 1.99. The molecule has 1 amide bonds. The highest BCUT2D eigenvalue weighted by atomic mass is 79.9. The van der Waals surface area contributed by atoms with E-state index in [2.05, 4.69) is 26.0 Å². The molecular formula is C10H8BrN3O. The van der Waals surface area contributed by atoms with Crippen LogP contribution in [0.3, 0.4) is 0 Å². The lowest BCUT2D eigenvalue weighted by Gasteiger charge is -2.00. The van der Waals surface area contributed by atoms with Crippen molar-refractivity contribution in [3.63, 3.8) is 0 Å². The molecule has 76 valence electrons. The third-order valence-electron chi connectivity index (χ3n) is 1.76. The van der Waals surface area contributed by atoms with E-state index in [4.69, 9.17) is 5.53 Å². The van der Waals surface area contributed by atoms with Gasteiger partial charge < -0.3 is 0 Å².